The number of hydrogen-bond donors (Lipinski definition) is 0. The van der Waals surface area contributed by atoms with Gasteiger partial charge < -0.3 is 14.1 Å². The Labute approximate surface area is 194 Å². The summed E-state index contributed by atoms with van der Waals surface area (Å²) in [5, 5.41) is 9.56. The molecular weight excluding hydrogens is 440 g/mol. The maximum Gasteiger partial charge on any atom is 0.243 e. The normalized spacial score (nSPS) is 18.9. The molecule has 3 aromatic rings. The Kier molecular flexibility index (Phi) is 6.51. The van der Waals surface area contributed by atoms with Gasteiger partial charge in [0, 0.05) is 32.2 Å². The monoisotopic (exact) mass is 466 g/mol. The zero-order valence-corrected chi connectivity index (χ0v) is 19.6. The van der Waals surface area contributed by atoms with Crippen LogP contribution in [0.3, 0.4) is 0 Å². The number of sulfonamides is 1. The van der Waals surface area contributed by atoms with Gasteiger partial charge >= 0.3 is 0 Å². The lowest BCUT2D eigenvalue weighted by atomic mass is 10.2. The second-order valence-corrected chi connectivity index (χ2v) is 10.3. The van der Waals surface area contributed by atoms with Gasteiger partial charge in [0.25, 0.3) is 0 Å². The van der Waals surface area contributed by atoms with E-state index in [1.54, 1.807) is 19.2 Å². The smallest absolute Gasteiger partial charge is 0.243 e. The van der Waals surface area contributed by atoms with E-state index in [0.29, 0.717) is 24.5 Å². The van der Waals surface area contributed by atoms with Gasteiger partial charge in [-0.3, -0.25) is 0 Å². The zero-order chi connectivity index (χ0) is 23.6. The molecule has 0 N–H and O–H groups in total. The van der Waals surface area contributed by atoms with Gasteiger partial charge in [-0.25, -0.2) is 8.42 Å². The third-order valence-corrected chi connectivity index (χ3v) is 7.30. The lowest BCUT2D eigenvalue weighted by Crippen LogP contribution is -2.45. The number of morpholine rings is 1. The van der Waals surface area contributed by atoms with Crippen LogP contribution in [0, 0.1) is 11.3 Å². The minimum atomic E-state index is -3.67. The minimum absolute atomic E-state index is 0.00575. The summed E-state index contributed by atoms with van der Waals surface area (Å²) in [5.41, 5.74) is 1.70. The minimum Gasteiger partial charge on any atom is -0.419 e. The van der Waals surface area contributed by atoms with Crippen LogP contribution < -0.4 is 4.90 Å². The molecule has 9 heteroatoms. The molecule has 1 aromatic heterocycles. The Bertz CT molecular complexity index is 1240. The molecule has 0 aliphatic carbocycles. The molecular formula is C24H26N4O4S. The summed E-state index contributed by atoms with van der Waals surface area (Å²) in [7, 11) is -2.11. The van der Waals surface area contributed by atoms with Crippen LogP contribution in [0.4, 0.5) is 5.88 Å². The highest BCUT2D eigenvalue weighted by Gasteiger charge is 2.28. The second-order valence-electron chi connectivity index (χ2n) is 8.22. The maximum atomic E-state index is 13.0. The van der Waals surface area contributed by atoms with Crippen molar-refractivity contribution in [3.05, 3.63) is 65.9 Å². The van der Waals surface area contributed by atoms with E-state index in [4.69, 9.17) is 9.15 Å². The fraction of sp³-hybridized carbons (Fsp3) is 0.333. The molecule has 2 aromatic carbocycles. The van der Waals surface area contributed by atoms with Crippen LogP contribution in [-0.2, 0) is 21.3 Å². The lowest BCUT2D eigenvalue weighted by Gasteiger charge is -2.34. The van der Waals surface area contributed by atoms with E-state index in [0.717, 1.165) is 5.56 Å². The van der Waals surface area contributed by atoms with Crippen LogP contribution in [-0.4, -0.2) is 50.1 Å². The third-order valence-electron chi connectivity index (χ3n) is 5.48. The molecule has 1 aliphatic heterocycles. The Morgan fingerprint density at radius 2 is 1.73 bits per heavy atom. The molecule has 0 spiro atoms. The van der Waals surface area contributed by atoms with Gasteiger partial charge in [-0.15, -0.1) is 0 Å². The third kappa shape index (κ3) is 4.93. The molecule has 0 radical (unpaired) electrons. The summed E-state index contributed by atoms with van der Waals surface area (Å²) in [6.07, 6.45) is 0.0115. The topological polar surface area (TPSA) is 99.7 Å². The largest absolute Gasteiger partial charge is 0.419 e. The Hall–Kier alpha value is -3.19. The molecule has 0 bridgehead atoms. The van der Waals surface area contributed by atoms with Crippen molar-refractivity contribution >= 4 is 15.9 Å². The van der Waals surface area contributed by atoms with Crippen LogP contribution in [0.1, 0.15) is 25.1 Å². The molecule has 4 rings (SSSR count). The van der Waals surface area contributed by atoms with E-state index < -0.39 is 10.0 Å². The van der Waals surface area contributed by atoms with E-state index in [-0.39, 0.29) is 35.2 Å². The first kappa shape index (κ1) is 23.0. The van der Waals surface area contributed by atoms with Gasteiger partial charge in [-0.2, -0.15) is 14.6 Å². The molecule has 0 unspecified atom stereocenters. The highest BCUT2D eigenvalue weighted by Crippen LogP contribution is 2.31. The number of nitriles is 1. The van der Waals surface area contributed by atoms with Gasteiger partial charge in [0.1, 0.15) is 6.07 Å². The highest BCUT2D eigenvalue weighted by molar-refractivity contribution is 7.89. The number of benzene rings is 2. The lowest BCUT2D eigenvalue weighted by molar-refractivity contribution is -0.00638. The van der Waals surface area contributed by atoms with Crippen molar-refractivity contribution in [3.63, 3.8) is 0 Å². The fourth-order valence-electron chi connectivity index (χ4n) is 3.94. The molecule has 1 fully saturated rings. The summed E-state index contributed by atoms with van der Waals surface area (Å²) in [6.45, 7) is 5.41. The van der Waals surface area contributed by atoms with Crippen LogP contribution in [0.5, 0.6) is 0 Å². The number of ether oxygens (including phenoxy) is 1. The van der Waals surface area contributed by atoms with Crippen molar-refractivity contribution in [1.82, 2.24) is 9.29 Å². The Balaban J connectivity index is 1.56. The number of oxazole rings is 1. The van der Waals surface area contributed by atoms with Crippen molar-refractivity contribution in [2.45, 2.75) is 37.5 Å². The van der Waals surface area contributed by atoms with Crippen molar-refractivity contribution in [2.75, 3.05) is 25.0 Å². The van der Waals surface area contributed by atoms with E-state index in [9.17, 15) is 13.7 Å². The molecule has 1 aliphatic rings. The predicted octanol–water partition coefficient (Wildman–Crippen LogP) is 3.65. The number of anilines is 1. The van der Waals surface area contributed by atoms with Crippen LogP contribution in [0.25, 0.3) is 11.5 Å². The zero-order valence-electron chi connectivity index (χ0n) is 18.8. The number of hydrogen-bond acceptors (Lipinski definition) is 7. The average molecular weight is 467 g/mol. The summed E-state index contributed by atoms with van der Waals surface area (Å²) < 4.78 is 39.0. The second kappa shape index (κ2) is 9.35. The summed E-state index contributed by atoms with van der Waals surface area (Å²) in [4.78, 5) is 6.47. The van der Waals surface area contributed by atoms with Crippen molar-refractivity contribution in [2.24, 2.45) is 0 Å². The quantitative estimate of drug-likeness (QED) is 0.547. The van der Waals surface area contributed by atoms with E-state index >= 15 is 0 Å². The van der Waals surface area contributed by atoms with Crippen molar-refractivity contribution in [3.8, 4) is 17.5 Å². The van der Waals surface area contributed by atoms with Gasteiger partial charge in [0.2, 0.25) is 27.5 Å². The van der Waals surface area contributed by atoms with Crippen molar-refractivity contribution < 1.29 is 17.6 Å². The summed E-state index contributed by atoms with van der Waals surface area (Å²) in [5.74, 6) is 0.684. The molecule has 2 atom stereocenters. The van der Waals surface area contributed by atoms with Crippen LogP contribution >= 0.6 is 0 Å². The summed E-state index contributed by atoms with van der Waals surface area (Å²) >= 11 is 0. The molecule has 8 nitrogen and oxygen atoms in total. The number of rotatable bonds is 6. The molecule has 0 amide bonds. The first-order chi connectivity index (χ1) is 15.8. The first-order valence-electron chi connectivity index (χ1n) is 10.7. The standard InChI is InChI=1S/C24H26N4O4S/c1-17-14-28(15-18(2)31-17)24-22(13-25)26-23(32-24)20-9-11-21(12-10-20)33(29,30)27(3)16-19-7-5-4-6-8-19/h4-12,17-18H,14-16H2,1-3H3/t17-,18+. The molecule has 0 saturated carbocycles. The van der Waals surface area contributed by atoms with E-state index in [2.05, 4.69) is 11.1 Å². The SMILES string of the molecule is C[C@@H]1CN(c2oc(-c3ccc(S(=O)(=O)N(C)Cc4ccccc4)cc3)nc2C#N)C[C@H](C)O1. The highest BCUT2D eigenvalue weighted by atomic mass is 32.2. The number of aromatic nitrogens is 1. The molecule has 1 saturated heterocycles. The van der Waals surface area contributed by atoms with Gasteiger partial charge in [-0.05, 0) is 43.7 Å². The van der Waals surface area contributed by atoms with Gasteiger partial charge in [0.05, 0.1) is 17.1 Å². The average Bonchev–Trinajstić information content (AvgIpc) is 3.24. The van der Waals surface area contributed by atoms with Crippen molar-refractivity contribution in [1.29, 1.82) is 5.26 Å². The molecule has 172 valence electrons. The summed E-state index contributed by atoms with van der Waals surface area (Å²) in [6, 6.07) is 17.9. The number of nitrogens with zero attached hydrogens (tertiary/aromatic N) is 4. The maximum absolute atomic E-state index is 13.0. The van der Waals surface area contributed by atoms with Crippen LogP contribution in [0.2, 0.25) is 0 Å². The van der Waals surface area contributed by atoms with Gasteiger partial charge in [-0.1, -0.05) is 30.3 Å². The van der Waals surface area contributed by atoms with Crippen LogP contribution in [0.15, 0.2) is 63.9 Å². The Morgan fingerprint density at radius 3 is 2.33 bits per heavy atom. The van der Waals surface area contributed by atoms with E-state index in [1.807, 2.05) is 49.1 Å². The molecule has 2 heterocycles. The Morgan fingerprint density at radius 1 is 1.09 bits per heavy atom. The fourth-order valence-corrected chi connectivity index (χ4v) is 5.10. The van der Waals surface area contributed by atoms with Gasteiger partial charge in [0.15, 0.2) is 0 Å². The molecule has 33 heavy (non-hydrogen) atoms. The first-order valence-corrected chi connectivity index (χ1v) is 12.1. The van der Waals surface area contributed by atoms with E-state index in [1.165, 1.54) is 16.4 Å². The predicted molar refractivity (Wildman–Crippen MR) is 124 cm³/mol.